The monoisotopic (exact) mass is 376 g/mol. The maximum Gasteiger partial charge on any atom is 0.308 e. The largest absolute Gasteiger partial charge is 0.466 e. The summed E-state index contributed by atoms with van der Waals surface area (Å²) >= 11 is 0. The fourth-order valence-electron chi connectivity index (χ4n) is 4.01. The normalized spacial score (nSPS) is 29.3. The zero-order chi connectivity index (χ0) is 16.8. The number of hydrogen-bond acceptors (Lipinski definition) is 6. The minimum Gasteiger partial charge on any atom is -0.466 e. The Labute approximate surface area is 157 Å². The summed E-state index contributed by atoms with van der Waals surface area (Å²) in [6.07, 6.45) is 7.68. The van der Waals surface area contributed by atoms with Crippen molar-refractivity contribution >= 4 is 18.4 Å². The fraction of sp³-hybridized carbons (Fsp3) is 0.944. The number of halogens is 1. The molecule has 146 valence electrons. The summed E-state index contributed by atoms with van der Waals surface area (Å²) in [6, 6.07) is 0. The zero-order valence-corrected chi connectivity index (χ0v) is 16.2. The summed E-state index contributed by atoms with van der Waals surface area (Å²) < 4.78 is 11.6. The van der Waals surface area contributed by atoms with E-state index < -0.39 is 0 Å². The Kier molecular flexibility index (Phi) is 8.93. The standard InChI is InChI=1S/C18H32N2O4.ClH/c1-2-22-18(21)15-6-8-16(9-7-15)24-17(19-10-3-4-11-19)14-20-12-5-13-23-20;/h15-17H,2-14H2,1H3;1H. The number of hydrogen-bond donors (Lipinski definition) is 0. The molecule has 0 spiro atoms. The molecule has 0 aromatic heterocycles. The van der Waals surface area contributed by atoms with Crippen LogP contribution in [-0.2, 0) is 19.1 Å². The molecule has 2 aliphatic heterocycles. The number of rotatable bonds is 7. The van der Waals surface area contributed by atoms with Crippen molar-refractivity contribution in [3.8, 4) is 0 Å². The van der Waals surface area contributed by atoms with Crippen molar-refractivity contribution in [3.05, 3.63) is 0 Å². The zero-order valence-electron chi connectivity index (χ0n) is 15.4. The maximum absolute atomic E-state index is 11.9. The average Bonchev–Trinajstić information content (AvgIpc) is 3.29. The Morgan fingerprint density at radius 1 is 1.12 bits per heavy atom. The van der Waals surface area contributed by atoms with Crippen molar-refractivity contribution in [1.82, 2.24) is 9.96 Å². The summed E-state index contributed by atoms with van der Waals surface area (Å²) in [4.78, 5) is 20.0. The van der Waals surface area contributed by atoms with Gasteiger partial charge in [-0.05, 0) is 51.9 Å². The second-order valence-electron chi connectivity index (χ2n) is 7.13. The molecule has 2 saturated heterocycles. The van der Waals surface area contributed by atoms with Gasteiger partial charge in [0.2, 0.25) is 0 Å². The first-order valence-electron chi connectivity index (χ1n) is 9.70. The third-order valence-electron chi connectivity index (χ3n) is 5.38. The van der Waals surface area contributed by atoms with Crippen molar-refractivity contribution in [2.24, 2.45) is 5.92 Å². The van der Waals surface area contributed by atoms with Gasteiger partial charge in [0.15, 0.2) is 0 Å². The molecule has 0 aromatic carbocycles. The molecule has 0 radical (unpaired) electrons. The Bertz CT molecular complexity index is 393. The predicted octanol–water partition coefficient (Wildman–Crippen LogP) is 2.61. The lowest BCUT2D eigenvalue weighted by molar-refractivity contribution is -0.180. The Hall–Kier alpha value is -0.400. The van der Waals surface area contributed by atoms with Gasteiger partial charge in [-0.15, -0.1) is 12.4 Å². The molecule has 6 nitrogen and oxygen atoms in total. The minimum atomic E-state index is -0.0301. The predicted molar refractivity (Wildman–Crippen MR) is 97.4 cm³/mol. The Balaban J connectivity index is 0.00000225. The SMILES string of the molecule is CCOC(=O)C1CCC(OC(CN2CCCO2)N2CCCC2)CC1.Cl. The van der Waals surface area contributed by atoms with E-state index >= 15 is 0 Å². The molecule has 2 heterocycles. The van der Waals surface area contributed by atoms with Crippen LogP contribution in [0.2, 0.25) is 0 Å². The highest BCUT2D eigenvalue weighted by atomic mass is 35.5. The van der Waals surface area contributed by atoms with Crippen LogP contribution in [0.5, 0.6) is 0 Å². The molecule has 0 bridgehead atoms. The van der Waals surface area contributed by atoms with Crippen molar-refractivity contribution in [2.45, 2.75) is 64.2 Å². The molecular formula is C18H33ClN2O4. The minimum absolute atomic E-state index is 0. The van der Waals surface area contributed by atoms with Gasteiger partial charge < -0.3 is 9.47 Å². The van der Waals surface area contributed by atoms with Crippen molar-refractivity contribution in [2.75, 3.05) is 39.4 Å². The van der Waals surface area contributed by atoms with E-state index in [0.717, 1.165) is 64.9 Å². The van der Waals surface area contributed by atoms with Crippen LogP contribution < -0.4 is 0 Å². The number of nitrogens with zero attached hydrogens (tertiary/aromatic N) is 2. The van der Waals surface area contributed by atoms with E-state index in [-0.39, 0.29) is 36.6 Å². The number of carbonyl (C=O) groups is 1. The molecule has 3 aliphatic rings. The van der Waals surface area contributed by atoms with E-state index in [9.17, 15) is 4.79 Å². The van der Waals surface area contributed by atoms with Gasteiger partial charge in [0.25, 0.3) is 0 Å². The van der Waals surface area contributed by atoms with Gasteiger partial charge in [0, 0.05) is 19.6 Å². The fourth-order valence-corrected chi connectivity index (χ4v) is 4.01. The number of esters is 1. The number of carbonyl (C=O) groups excluding carboxylic acids is 1. The van der Waals surface area contributed by atoms with Crippen LogP contribution in [0, 0.1) is 5.92 Å². The van der Waals surface area contributed by atoms with E-state index in [4.69, 9.17) is 14.3 Å². The number of hydroxylamine groups is 2. The lowest BCUT2D eigenvalue weighted by Crippen LogP contribution is -2.46. The average molecular weight is 377 g/mol. The van der Waals surface area contributed by atoms with E-state index in [1.807, 2.05) is 6.92 Å². The third kappa shape index (κ3) is 6.07. The molecule has 1 saturated carbocycles. The van der Waals surface area contributed by atoms with Crippen LogP contribution in [0.25, 0.3) is 0 Å². The third-order valence-corrected chi connectivity index (χ3v) is 5.38. The van der Waals surface area contributed by atoms with Gasteiger partial charge in [-0.2, -0.15) is 5.06 Å². The first kappa shape index (κ1) is 20.9. The van der Waals surface area contributed by atoms with Crippen LogP contribution in [-0.4, -0.2) is 67.7 Å². The molecular weight excluding hydrogens is 344 g/mol. The van der Waals surface area contributed by atoms with Crippen LogP contribution in [0.15, 0.2) is 0 Å². The first-order valence-corrected chi connectivity index (χ1v) is 9.70. The number of likely N-dealkylation sites (tertiary alicyclic amines) is 1. The summed E-state index contributed by atoms with van der Waals surface area (Å²) in [7, 11) is 0. The summed E-state index contributed by atoms with van der Waals surface area (Å²) in [6.45, 7) is 7.25. The molecule has 0 aromatic rings. The second kappa shape index (κ2) is 10.7. The second-order valence-corrected chi connectivity index (χ2v) is 7.13. The molecule has 3 fully saturated rings. The van der Waals surface area contributed by atoms with Crippen molar-refractivity contribution < 1.29 is 19.1 Å². The lowest BCUT2D eigenvalue weighted by atomic mass is 9.87. The van der Waals surface area contributed by atoms with Crippen LogP contribution >= 0.6 is 12.4 Å². The molecule has 25 heavy (non-hydrogen) atoms. The van der Waals surface area contributed by atoms with Gasteiger partial charge >= 0.3 is 5.97 Å². The van der Waals surface area contributed by atoms with Gasteiger partial charge in [-0.25, -0.2) is 0 Å². The van der Waals surface area contributed by atoms with E-state index in [1.54, 1.807) is 0 Å². The first-order chi connectivity index (χ1) is 11.8. The van der Waals surface area contributed by atoms with E-state index in [0.29, 0.717) is 6.61 Å². The summed E-state index contributed by atoms with van der Waals surface area (Å²) in [5, 5.41) is 2.06. The van der Waals surface area contributed by atoms with Gasteiger partial charge in [0.1, 0.15) is 6.23 Å². The highest BCUT2D eigenvalue weighted by Crippen LogP contribution is 2.29. The quantitative estimate of drug-likeness (QED) is 0.636. The van der Waals surface area contributed by atoms with Crippen molar-refractivity contribution in [1.29, 1.82) is 0 Å². The Morgan fingerprint density at radius 2 is 1.84 bits per heavy atom. The van der Waals surface area contributed by atoms with Crippen molar-refractivity contribution in [3.63, 3.8) is 0 Å². The van der Waals surface area contributed by atoms with Gasteiger partial charge in [0.05, 0.1) is 31.8 Å². The Morgan fingerprint density at radius 3 is 2.44 bits per heavy atom. The van der Waals surface area contributed by atoms with Gasteiger partial charge in [-0.3, -0.25) is 14.5 Å². The highest BCUT2D eigenvalue weighted by molar-refractivity contribution is 5.85. The topological polar surface area (TPSA) is 51.2 Å². The van der Waals surface area contributed by atoms with Crippen LogP contribution in [0.1, 0.15) is 51.9 Å². The molecule has 1 aliphatic carbocycles. The number of ether oxygens (including phenoxy) is 2. The molecule has 3 rings (SSSR count). The highest BCUT2D eigenvalue weighted by Gasteiger charge is 2.32. The molecule has 7 heteroatoms. The van der Waals surface area contributed by atoms with Crippen LogP contribution in [0.3, 0.4) is 0 Å². The summed E-state index contributed by atoms with van der Waals surface area (Å²) in [5.74, 6) is 0.0365. The van der Waals surface area contributed by atoms with Gasteiger partial charge in [-0.1, -0.05) is 0 Å². The smallest absolute Gasteiger partial charge is 0.308 e. The summed E-state index contributed by atoms with van der Waals surface area (Å²) in [5.41, 5.74) is 0. The molecule has 0 amide bonds. The molecule has 0 N–H and O–H groups in total. The molecule has 1 unspecified atom stereocenters. The molecule has 1 atom stereocenters. The maximum atomic E-state index is 11.9. The lowest BCUT2D eigenvalue weighted by Gasteiger charge is -2.35. The van der Waals surface area contributed by atoms with Crippen LogP contribution in [0.4, 0.5) is 0 Å². The van der Waals surface area contributed by atoms with E-state index in [2.05, 4.69) is 9.96 Å². The van der Waals surface area contributed by atoms with E-state index in [1.165, 1.54) is 12.8 Å².